The predicted molar refractivity (Wildman–Crippen MR) is 57.6 cm³/mol. The van der Waals surface area contributed by atoms with Gasteiger partial charge in [-0.15, -0.1) is 11.5 Å². The van der Waals surface area contributed by atoms with Gasteiger partial charge in [0.2, 0.25) is 0 Å². The van der Waals surface area contributed by atoms with Gasteiger partial charge < -0.3 is 0 Å². The molecule has 1 rings (SSSR count). The molecule has 1 fully saturated rings. The van der Waals surface area contributed by atoms with Crippen LogP contribution in [0.15, 0.2) is 0 Å². The Morgan fingerprint density at radius 3 is 2.25 bits per heavy atom. The van der Waals surface area contributed by atoms with Crippen LogP contribution in [0.3, 0.4) is 0 Å². The minimum Gasteiger partial charge on any atom is -0.132 e. The first kappa shape index (κ1) is 9.86. The average Bonchev–Trinajstić information content (AvgIpc) is 2.29. The fourth-order valence-electron chi connectivity index (χ4n) is 1.67. The van der Waals surface area contributed by atoms with Gasteiger partial charge in [-0.2, -0.15) is 0 Å². The molecule has 0 radical (unpaired) electrons. The van der Waals surface area contributed by atoms with Gasteiger partial charge in [0.05, 0.1) is 0 Å². The third-order valence-corrected chi connectivity index (χ3v) is 3.39. The number of rotatable bonds is 0. The SMILES string of the molecule is C[C@@H]1CCC[C@H]1C#C[Si](C)(C)C. The third kappa shape index (κ3) is 3.03. The van der Waals surface area contributed by atoms with Crippen LogP contribution in [0.2, 0.25) is 19.6 Å². The number of hydrogen-bond acceptors (Lipinski definition) is 0. The van der Waals surface area contributed by atoms with E-state index in [0.717, 1.165) is 11.8 Å². The Morgan fingerprint density at radius 1 is 1.17 bits per heavy atom. The quantitative estimate of drug-likeness (QED) is 0.396. The van der Waals surface area contributed by atoms with Crippen LogP contribution in [-0.4, -0.2) is 8.07 Å². The fourth-order valence-corrected chi connectivity index (χ4v) is 2.29. The standard InChI is InChI=1S/C11H20Si/c1-10-6-5-7-11(10)8-9-12(2,3)4/h10-11H,5-7H2,1-4H3/t10-,11+/m1/s1. The molecule has 0 amide bonds. The van der Waals surface area contributed by atoms with Crippen molar-refractivity contribution in [2.24, 2.45) is 11.8 Å². The highest BCUT2D eigenvalue weighted by atomic mass is 28.3. The van der Waals surface area contributed by atoms with E-state index in [4.69, 9.17) is 0 Å². The summed E-state index contributed by atoms with van der Waals surface area (Å²) in [5.74, 6) is 5.06. The van der Waals surface area contributed by atoms with Crippen LogP contribution in [0.4, 0.5) is 0 Å². The molecule has 68 valence electrons. The minimum absolute atomic E-state index is 0.719. The van der Waals surface area contributed by atoms with Crippen LogP contribution in [0.25, 0.3) is 0 Å². The molecule has 0 N–H and O–H groups in total. The maximum absolute atomic E-state index is 3.48. The normalized spacial score (nSPS) is 29.7. The molecule has 0 aromatic heterocycles. The van der Waals surface area contributed by atoms with Crippen molar-refractivity contribution < 1.29 is 0 Å². The molecular weight excluding hydrogens is 160 g/mol. The summed E-state index contributed by atoms with van der Waals surface area (Å²) < 4.78 is 0. The lowest BCUT2D eigenvalue weighted by Gasteiger charge is -2.09. The summed E-state index contributed by atoms with van der Waals surface area (Å²) >= 11 is 0. The van der Waals surface area contributed by atoms with Crippen molar-refractivity contribution in [2.75, 3.05) is 0 Å². The van der Waals surface area contributed by atoms with E-state index in [9.17, 15) is 0 Å². The zero-order valence-corrected chi connectivity index (χ0v) is 9.78. The largest absolute Gasteiger partial charge is 0.132 e. The molecule has 0 spiro atoms. The van der Waals surface area contributed by atoms with Gasteiger partial charge in [-0.25, -0.2) is 0 Å². The summed E-state index contributed by atoms with van der Waals surface area (Å²) in [6, 6.07) is 0. The topological polar surface area (TPSA) is 0 Å². The third-order valence-electron chi connectivity index (χ3n) is 2.49. The lowest BCUT2D eigenvalue weighted by atomic mass is 10.00. The van der Waals surface area contributed by atoms with Crippen LogP contribution >= 0.6 is 0 Å². The lowest BCUT2D eigenvalue weighted by molar-refractivity contribution is 0.519. The van der Waals surface area contributed by atoms with Crippen LogP contribution in [0.5, 0.6) is 0 Å². The van der Waals surface area contributed by atoms with Gasteiger partial charge in [0, 0.05) is 5.92 Å². The van der Waals surface area contributed by atoms with E-state index in [1.54, 1.807) is 0 Å². The molecule has 0 bridgehead atoms. The molecule has 0 aliphatic heterocycles. The highest BCUT2D eigenvalue weighted by Crippen LogP contribution is 2.30. The van der Waals surface area contributed by atoms with E-state index in [1.807, 2.05) is 0 Å². The van der Waals surface area contributed by atoms with Crippen molar-refractivity contribution in [1.82, 2.24) is 0 Å². The molecule has 1 aliphatic carbocycles. The Labute approximate surface area is 77.8 Å². The summed E-state index contributed by atoms with van der Waals surface area (Å²) in [4.78, 5) is 0. The zero-order valence-electron chi connectivity index (χ0n) is 8.78. The van der Waals surface area contributed by atoms with E-state index in [2.05, 4.69) is 38.0 Å². The highest BCUT2D eigenvalue weighted by molar-refractivity contribution is 6.83. The Bertz CT molecular complexity index is 201. The van der Waals surface area contributed by atoms with Crippen molar-refractivity contribution >= 4 is 8.07 Å². The molecule has 0 unspecified atom stereocenters. The number of hydrogen-bond donors (Lipinski definition) is 0. The highest BCUT2D eigenvalue weighted by Gasteiger charge is 2.21. The molecule has 0 aromatic rings. The summed E-state index contributed by atoms with van der Waals surface area (Å²) in [6.45, 7) is 9.30. The summed E-state index contributed by atoms with van der Waals surface area (Å²) in [5.41, 5.74) is 3.48. The molecule has 1 saturated carbocycles. The monoisotopic (exact) mass is 180 g/mol. The second kappa shape index (κ2) is 3.66. The predicted octanol–water partition coefficient (Wildman–Crippen LogP) is 3.30. The van der Waals surface area contributed by atoms with Crippen LogP contribution in [-0.2, 0) is 0 Å². The van der Waals surface area contributed by atoms with Crippen molar-refractivity contribution in [3.05, 3.63) is 0 Å². The molecule has 12 heavy (non-hydrogen) atoms. The zero-order chi connectivity index (χ0) is 9.19. The molecular formula is C11H20Si. The lowest BCUT2D eigenvalue weighted by Crippen LogP contribution is -2.17. The summed E-state index contributed by atoms with van der Waals surface area (Å²) in [6.07, 6.45) is 4.13. The van der Waals surface area contributed by atoms with Crippen LogP contribution < -0.4 is 0 Å². The van der Waals surface area contributed by atoms with Crippen molar-refractivity contribution in [2.45, 2.75) is 45.8 Å². The van der Waals surface area contributed by atoms with Gasteiger partial charge in [0.25, 0.3) is 0 Å². The second-order valence-electron chi connectivity index (χ2n) is 5.03. The molecule has 0 saturated heterocycles. The molecule has 1 aliphatic rings. The molecule has 0 heterocycles. The maximum Gasteiger partial charge on any atom is 0.129 e. The van der Waals surface area contributed by atoms with Crippen LogP contribution in [0, 0.1) is 23.3 Å². The van der Waals surface area contributed by atoms with E-state index in [1.165, 1.54) is 19.3 Å². The first-order valence-corrected chi connectivity index (χ1v) is 8.52. The summed E-state index contributed by atoms with van der Waals surface area (Å²) in [5, 5.41) is 0. The van der Waals surface area contributed by atoms with Crippen molar-refractivity contribution in [3.8, 4) is 11.5 Å². The molecule has 1 heteroatoms. The van der Waals surface area contributed by atoms with Crippen molar-refractivity contribution in [3.63, 3.8) is 0 Å². The van der Waals surface area contributed by atoms with Gasteiger partial charge in [-0.1, -0.05) is 33.0 Å². The smallest absolute Gasteiger partial charge is 0.129 e. The van der Waals surface area contributed by atoms with Gasteiger partial charge in [0.15, 0.2) is 0 Å². The van der Waals surface area contributed by atoms with Crippen molar-refractivity contribution in [1.29, 1.82) is 0 Å². The summed E-state index contributed by atoms with van der Waals surface area (Å²) in [7, 11) is -1.12. The maximum atomic E-state index is 3.48. The average molecular weight is 180 g/mol. The van der Waals surface area contributed by atoms with E-state index >= 15 is 0 Å². The van der Waals surface area contributed by atoms with Gasteiger partial charge >= 0.3 is 0 Å². The molecule has 2 atom stereocenters. The first-order chi connectivity index (χ1) is 5.49. The Kier molecular flexibility index (Phi) is 3.01. The van der Waals surface area contributed by atoms with Gasteiger partial charge in [-0.3, -0.25) is 0 Å². The van der Waals surface area contributed by atoms with E-state index < -0.39 is 8.07 Å². The molecule has 0 aromatic carbocycles. The Balaban J connectivity index is 2.53. The second-order valence-corrected chi connectivity index (χ2v) is 9.78. The Hall–Kier alpha value is -0.223. The molecule has 0 nitrogen and oxygen atoms in total. The van der Waals surface area contributed by atoms with E-state index in [-0.39, 0.29) is 0 Å². The van der Waals surface area contributed by atoms with Gasteiger partial charge in [-0.05, 0) is 18.8 Å². The minimum atomic E-state index is -1.12. The van der Waals surface area contributed by atoms with Crippen LogP contribution in [0.1, 0.15) is 26.2 Å². The first-order valence-electron chi connectivity index (χ1n) is 5.02. The Morgan fingerprint density at radius 2 is 1.83 bits per heavy atom. The van der Waals surface area contributed by atoms with E-state index in [0.29, 0.717) is 0 Å². The van der Waals surface area contributed by atoms with Gasteiger partial charge in [0.1, 0.15) is 8.07 Å². The fraction of sp³-hybridized carbons (Fsp3) is 0.818.